The summed E-state index contributed by atoms with van der Waals surface area (Å²) in [6.45, 7) is 2.76. The van der Waals surface area contributed by atoms with Crippen molar-refractivity contribution in [3.05, 3.63) is 29.0 Å². The first-order valence-corrected chi connectivity index (χ1v) is 7.21. The second kappa shape index (κ2) is 6.48. The molecule has 1 aliphatic heterocycles. The van der Waals surface area contributed by atoms with Crippen molar-refractivity contribution in [2.24, 2.45) is 0 Å². The molecule has 6 heteroatoms. The fourth-order valence-corrected chi connectivity index (χ4v) is 2.67. The van der Waals surface area contributed by atoms with E-state index < -0.39 is 0 Å². The Bertz CT molecular complexity index is 464. The van der Waals surface area contributed by atoms with E-state index in [9.17, 15) is 9.18 Å². The number of halogens is 2. The molecule has 1 aliphatic rings. The van der Waals surface area contributed by atoms with E-state index in [2.05, 4.69) is 17.5 Å². The quantitative estimate of drug-likeness (QED) is 0.867. The number of amides is 1. The number of benzene rings is 1. The molecule has 104 valence electrons. The smallest absolute Gasteiger partial charge is 0.223 e. The summed E-state index contributed by atoms with van der Waals surface area (Å²) in [6.07, 6.45) is 0.473. The second-order valence-electron chi connectivity index (χ2n) is 4.44. The van der Waals surface area contributed by atoms with Gasteiger partial charge in [-0.1, -0.05) is 11.6 Å². The van der Waals surface area contributed by atoms with Gasteiger partial charge in [0.15, 0.2) is 0 Å². The Morgan fingerprint density at radius 1 is 1.32 bits per heavy atom. The third kappa shape index (κ3) is 3.54. The van der Waals surface area contributed by atoms with Crippen LogP contribution in [0.2, 0.25) is 5.02 Å². The summed E-state index contributed by atoms with van der Waals surface area (Å²) >= 11 is 10.1. The van der Waals surface area contributed by atoms with Crippen LogP contribution >= 0.6 is 24.2 Å². The fourth-order valence-electron chi connectivity index (χ4n) is 2.19. The molecule has 0 bridgehead atoms. The van der Waals surface area contributed by atoms with Gasteiger partial charge in [0, 0.05) is 32.6 Å². The maximum atomic E-state index is 13.0. The molecule has 0 spiro atoms. The first kappa shape index (κ1) is 14.5. The van der Waals surface area contributed by atoms with Crippen molar-refractivity contribution in [3.63, 3.8) is 0 Å². The van der Waals surface area contributed by atoms with Gasteiger partial charge in [0.25, 0.3) is 0 Å². The summed E-state index contributed by atoms with van der Waals surface area (Å²) < 4.78 is 13.0. The zero-order valence-electron chi connectivity index (χ0n) is 10.5. The molecule has 0 aliphatic carbocycles. The lowest BCUT2D eigenvalue weighted by Gasteiger charge is -2.36. The minimum atomic E-state index is -0.337. The molecule has 0 saturated carbocycles. The summed E-state index contributed by atoms with van der Waals surface area (Å²) in [5, 5.41) is 0.412. The molecule has 0 radical (unpaired) electrons. The molecule has 1 amide bonds. The highest BCUT2D eigenvalue weighted by Crippen LogP contribution is 2.27. The van der Waals surface area contributed by atoms with Crippen LogP contribution in [0.25, 0.3) is 0 Å². The third-order valence-corrected chi connectivity index (χ3v) is 3.73. The lowest BCUT2D eigenvalue weighted by Crippen LogP contribution is -2.48. The molecule has 1 fully saturated rings. The van der Waals surface area contributed by atoms with E-state index in [1.165, 1.54) is 12.1 Å². The number of hydrogen-bond acceptors (Lipinski definition) is 3. The Morgan fingerprint density at radius 2 is 2.00 bits per heavy atom. The molecular weight excluding hydrogens is 287 g/mol. The molecule has 1 aromatic rings. The number of piperazine rings is 1. The summed E-state index contributed by atoms with van der Waals surface area (Å²) in [4.78, 5) is 15.6. The zero-order chi connectivity index (χ0) is 13.8. The predicted molar refractivity (Wildman–Crippen MR) is 78.7 cm³/mol. The third-order valence-electron chi connectivity index (χ3n) is 3.21. The lowest BCUT2D eigenvalue weighted by atomic mass is 10.2. The van der Waals surface area contributed by atoms with Crippen LogP contribution < -0.4 is 4.90 Å². The minimum Gasteiger partial charge on any atom is -0.367 e. The lowest BCUT2D eigenvalue weighted by molar-refractivity contribution is -0.131. The first-order chi connectivity index (χ1) is 9.11. The van der Waals surface area contributed by atoms with Gasteiger partial charge in [-0.15, -0.1) is 0 Å². The van der Waals surface area contributed by atoms with Crippen molar-refractivity contribution in [2.75, 3.05) is 36.8 Å². The summed E-state index contributed by atoms with van der Waals surface area (Å²) in [5.41, 5.74) is 0.823. The van der Waals surface area contributed by atoms with Crippen molar-refractivity contribution in [1.82, 2.24) is 4.90 Å². The van der Waals surface area contributed by atoms with Gasteiger partial charge in [-0.25, -0.2) is 4.39 Å². The molecule has 0 atom stereocenters. The maximum Gasteiger partial charge on any atom is 0.223 e. The van der Waals surface area contributed by atoms with Crippen LogP contribution in [0, 0.1) is 5.82 Å². The highest BCUT2D eigenvalue weighted by Gasteiger charge is 2.21. The van der Waals surface area contributed by atoms with Crippen LogP contribution in [0.3, 0.4) is 0 Å². The highest BCUT2D eigenvalue weighted by atomic mass is 35.5. The highest BCUT2D eigenvalue weighted by molar-refractivity contribution is 7.80. The van der Waals surface area contributed by atoms with Crippen molar-refractivity contribution < 1.29 is 9.18 Å². The van der Waals surface area contributed by atoms with Crippen LogP contribution in [-0.2, 0) is 4.79 Å². The fraction of sp³-hybridized carbons (Fsp3) is 0.462. The van der Waals surface area contributed by atoms with Gasteiger partial charge in [0.2, 0.25) is 5.91 Å². The standard InChI is InChI=1S/C13H16ClFN2OS/c14-11-9-10(15)1-2-12(11)16-4-6-17(7-5-16)13(18)3-8-19/h1-2,9,19H,3-8H2. The molecule has 3 nitrogen and oxygen atoms in total. The Balaban J connectivity index is 1.98. The van der Waals surface area contributed by atoms with Crippen molar-refractivity contribution in [1.29, 1.82) is 0 Å². The number of anilines is 1. The Kier molecular flexibility index (Phi) is 4.93. The average molecular weight is 303 g/mol. The van der Waals surface area contributed by atoms with E-state index in [4.69, 9.17) is 11.6 Å². The summed E-state index contributed by atoms with van der Waals surface area (Å²) in [7, 11) is 0. The molecule has 2 rings (SSSR count). The summed E-state index contributed by atoms with van der Waals surface area (Å²) in [5.74, 6) is 0.374. The van der Waals surface area contributed by atoms with Gasteiger partial charge in [0.05, 0.1) is 10.7 Å². The molecule has 1 aromatic carbocycles. The molecule has 0 N–H and O–H groups in total. The van der Waals surface area contributed by atoms with Crippen LogP contribution in [0.1, 0.15) is 6.42 Å². The van der Waals surface area contributed by atoms with Crippen molar-refractivity contribution >= 4 is 35.8 Å². The van der Waals surface area contributed by atoms with E-state index in [1.807, 2.05) is 4.90 Å². The molecule has 0 aromatic heterocycles. The van der Waals surface area contributed by atoms with Crippen molar-refractivity contribution in [2.45, 2.75) is 6.42 Å². The monoisotopic (exact) mass is 302 g/mol. The van der Waals surface area contributed by atoms with Gasteiger partial charge in [-0.2, -0.15) is 12.6 Å². The molecule has 0 unspecified atom stereocenters. The topological polar surface area (TPSA) is 23.6 Å². The van der Waals surface area contributed by atoms with Gasteiger partial charge < -0.3 is 9.80 Å². The normalized spacial score (nSPS) is 15.7. The average Bonchev–Trinajstić information content (AvgIpc) is 2.39. The van der Waals surface area contributed by atoms with Gasteiger partial charge in [-0.3, -0.25) is 4.79 Å². The van der Waals surface area contributed by atoms with Crippen LogP contribution in [-0.4, -0.2) is 42.7 Å². The SMILES string of the molecule is O=C(CCS)N1CCN(c2ccc(F)cc2Cl)CC1. The summed E-state index contributed by atoms with van der Waals surface area (Å²) in [6, 6.07) is 4.40. The van der Waals surface area contributed by atoms with E-state index in [0.717, 1.165) is 5.69 Å². The molecule has 19 heavy (non-hydrogen) atoms. The number of carbonyl (C=O) groups excluding carboxylic acids is 1. The van der Waals surface area contributed by atoms with E-state index in [0.29, 0.717) is 43.4 Å². The number of thiol groups is 1. The van der Waals surface area contributed by atoms with Crippen molar-refractivity contribution in [3.8, 4) is 0 Å². The van der Waals surface area contributed by atoms with Crippen LogP contribution in [0.15, 0.2) is 18.2 Å². The van der Waals surface area contributed by atoms with Crippen LogP contribution in [0.4, 0.5) is 10.1 Å². The zero-order valence-corrected chi connectivity index (χ0v) is 12.1. The molecular formula is C13H16ClFN2OS. The van der Waals surface area contributed by atoms with Gasteiger partial charge in [-0.05, 0) is 24.0 Å². The molecule has 1 heterocycles. The molecule has 1 saturated heterocycles. The van der Waals surface area contributed by atoms with Crippen LogP contribution in [0.5, 0.6) is 0 Å². The number of hydrogen-bond donors (Lipinski definition) is 1. The first-order valence-electron chi connectivity index (χ1n) is 6.20. The Labute approximate surface area is 122 Å². The van der Waals surface area contributed by atoms with E-state index in [1.54, 1.807) is 6.07 Å². The van der Waals surface area contributed by atoms with E-state index >= 15 is 0 Å². The van der Waals surface area contributed by atoms with Gasteiger partial charge >= 0.3 is 0 Å². The maximum absolute atomic E-state index is 13.0. The Morgan fingerprint density at radius 3 is 2.58 bits per heavy atom. The number of nitrogens with zero attached hydrogens (tertiary/aromatic N) is 2. The Hall–Kier alpha value is -0.940. The van der Waals surface area contributed by atoms with Gasteiger partial charge in [0.1, 0.15) is 5.82 Å². The number of rotatable bonds is 3. The predicted octanol–water partition coefficient (Wildman–Crippen LogP) is 2.45. The largest absolute Gasteiger partial charge is 0.367 e. The van der Waals surface area contributed by atoms with E-state index in [-0.39, 0.29) is 11.7 Å². The minimum absolute atomic E-state index is 0.139. The number of carbonyl (C=O) groups is 1. The second-order valence-corrected chi connectivity index (χ2v) is 5.29.